The number of aryl methyl sites for hydroxylation is 3. The van der Waals surface area contributed by atoms with Gasteiger partial charge in [0.1, 0.15) is 0 Å². The Morgan fingerprint density at radius 3 is 2.55 bits per heavy atom. The van der Waals surface area contributed by atoms with E-state index in [1.165, 1.54) is 6.07 Å². The fourth-order valence-electron chi connectivity index (χ4n) is 2.91. The number of sulfonamides is 1. The Morgan fingerprint density at radius 2 is 1.83 bits per heavy atom. The molecule has 3 rings (SSSR count). The van der Waals surface area contributed by atoms with Crippen LogP contribution in [0.1, 0.15) is 23.1 Å². The number of carbonyl (C=O) groups is 1. The highest BCUT2D eigenvalue weighted by atomic mass is 32.2. The number of nitrogens with one attached hydrogen (secondary N) is 2. The normalized spacial score (nSPS) is 11.1. The number of anilines is 2. The number of hydrogen-bond donors (Lipinski definition) is 2. The molecule has 0 aliphatic rings. The van der Waals surface area contributed by atoms with Crippen molar-refractivity contribution in [1.82, 2.24) is 4.98 Å². The number of hydrogen-bond acceptors (Lipinski definition) is 4. The van der Waals surface area contributed by atoms with Crippen molar-refractivity contribution < 1.29 is 13.2 Å². The summed E-state index contributed by atoms with van der Waals surface area (Å²) in [5.74, 6) is -0.187. The molecule has 0 atom stereocenters. The molecule has 0 radical (unpaired) electrons. The summed E-state index contributed by atoms with van der Waals surface area (Å²) < 4.78 is 28.3. The highest BCUT2D eigenvalue weighted by Gasteiger charge is 2.18. The van der Waals surface area contributed by atoms with Gasteiger partial charge in [-0.15, -0.1) is 0 Å². The predicted octanol–water partition coefficient (Wildman–Crippen LogP) is 4.07. The van der Waals surface area contributed by atoms with Crippen molar-refractivity contribution in [2.24, 2.45) is 0 Å². The van der Waals surface area contributed by atoms with Crippen LogP contribution in [0.15, 0.2) is 71.9 Å². The Morgan fingerprint density at radius 1 is 1.00 bits per heavy atom. The lowest BCUT2D eigenvalue weighted by molar-refractivity contribution is -0.116. The number of rotatable bonds is 7. The predicted molar refractivity (Wildman–Crippen MR) is 114 cm³/mol. The summed E-state index contributed by atoms with van der Waals surface area (Å²) in [5.41, 5.74) is 3.46. The molecule has 0 fully saturated rings. The van der Waals surface area contributed by atoms with Gasteiger partial charge >= 0.3 is 0 Å². The third-order valence-corrected chi connectivity index (χ3v) is 5.92. The Kier molecular flexibility index (Phi) is 6.29. The average molecular weight is 410 g/mol. The van der Waals surface area contributed by atoms with Crippen LogP contribution in [-0.4, -0.2) is 19.3 Å². The van der Waals surface area contributed by atoms with Crippen molar-refractivity contribution in [3.05, 3.63) is 83.7 Å². The van der Waals surface area contributed by atoms with Crippen LogP contribution in [-0.2, 0) is 21.2 Å². The molecule has 0 saturated heterocycles. The van der Waals surface area contributed by atoms with Crippen molar-refractivity contribution in [3.63, 3.8) is 0 Å². The van der Waals surface area contributed by atoms with E-state index < -0.39 is 10.0 Å². The second-order valence-electron chi connectivity index (χ2n) is 6.86. The number of pyridine rings is 1. The fourth-order valence-corrected chi connectivity index (χ4v) is 4.23. The minimum atomic E-state index is -3.78. The minimum absolute atomic E-state index is 0.129. The molecule has 0 spiro atoms. The average Bonchev–Trinajstić information content (AvgIpc) is 2.68. The zero-order valence-corrected chi connectivity index (χ0v) is 17.2. The van der Waals surface area contributed by atoms with Crippen LogP contribution in [0, 0.1) is 13.8 Å². The van der Waals surface area contributed by atoms with E-state index in [-0.39, 0.29) is 17.2 Å². The number of aromatic nitrogens is 1. The van der Waals surface area contributed by atoms with E-state index in [1.807, 2.05) is 25.1 Å². The van der Waals surface area contributed by atoms with Gasteiger partial charge in [-0.1, -0.05) is 24.3 Å². The van der Waals surface area contributed by atoms with Crippen LogP contribution in [0.25, 0.3) is 0 Å². The summed E-state index contributed by atoms with van der Waals surface area (Å²) in [6, 6.07) is 15.7. The van der Waals surface area contributed by atoms with Gasteiger partial charge in [0.15, 0.2) is 0 Å². The number of amides is 1. The van der Waals surface area contributed by atoms with Crippen LogP contribution in [0.2, 0.25) is 0 Å². The molecule has 3 aromatic rings. The first kappa shape index (κ1) is 20.5. The quantitative estimate of drug-likeness (QED) is 0.616. The molecule has 2 aromatic carbocycles. The number of benzene rings is 2. The van der Waals surface area contributed by atoms with Gasteiger partial charge in [0.05, 0.1) is 4.90 Å². The first-order chi connectivity index (χ1) is 13.8. The second-order valence-corrected chi connectivity index (χ2v) is 8.52. The topological polar surface area (TPSA) is 88.2 Å². The third-order valence-electron chi connectivity index (χ3n) is 4.40. The summed E-state index contributed by atoms with van der Waals surface area (Å²) >= 11 is 0. The van der Waals surface area contributed by atoms with Gasteiger partial charge in [0.2, 0.25) is 5.91 Å². The van der Waals surface area contributed by atoms with Crippen molar-refractivity contribution in [2.45, 2.75) is 31.6 Å². The lowest BCUT2D eigenvalue weighted by atomic mass is 10.1. The third kappa shape index (κ3) is 5.65. The molecule has 0 aliphatic heterocycles. The van der Waals surface area contributed by atoms with Crippen LogP contribution < -0.4 is 10.0 Å². The summed E-state index contributed by atoms with van der Waals surface area (Å²) in [4.78, 5) is 16.4. The molecular weight excluding hydrogens is 386 g/mol. The smallest absolute Gasteiger partial charge is 0.262 e. The van der Waals surface area contributed by atoms with Gasteiger partial charge in [0.25, 0.3) is 10.0 Å². The lowest BCUT2D eigenvalue weighted by Gasteiger charge is -2.13. The minimum Gasteiger partial charge on any atom is -0.326 e. The highest BCUT2D eigenvalue weighted by Crippen LogP contribution is 2.23. The Labute approximate surface area is 171 Å². The van der Waals surface area contributed by atoms with Gasteiger partial charge in [-0.2, -0.15) is 0 Å². The van der Waals surface area contributed by atoms with Crippen molar-refractivity contribution in [3.8, 4) is 0 Å². The van der Waals surface area contributed by atoms with E-state index >= 15 is 0 Å². The molecule has 1 aromatic heterocycles. The van der Waals surface area contributed by atoms with Crippen LogP contribution in [0.5, 0.6) is 0 Å². The Bertz CT molecular complexity index is 1110. The van der Waals surface area contributed by atoms with E-state index in [2.05, 4.69) is 15.0 Å². The maximum absolute atomic E-state index is 12.9. The molecule has 7 heteroatoms. The van der Waals surface area contributed by atoms with Gasteiger partial charge in [-0.05, 0) is 67.3 Å². The molecule has 0 bridgehead atoms. The van der Waals surface area contributed by atoms with Gasteiger partial charge in [0, 0.05) is 30.2 Å². The summed E-state index contributed by atoms with van der Waals surface area (Å²) in [5, 5.41) is 2.77. The van der Waals surface area contributed by atoms with Crippen molar-refractivity contribution in [1.29, 1.82) is 0 Å². The zero-order chi connectivity index (χ0) is 20.9. The van der Waals surface area contributed by atoms with Gasteiger partial charge in [-0.25, -0.2) is 8.42 Å². The van der Waals surface area contributed by atoms with Crippen LogP contribution in [0.3, 0.4) is 0 Å². The van der Waals surface area contributed by atoms with Crippen LogP contribution >= 0.6 is 0 Å². The van der Waals surface area contributed by atoms with Gasteiger partial charge < -0.3 is 5.32 Å². The molecule has 150 valence electrons. The molecule has 1 amide bonds. The number of carbonyl (C=O) groups excluding carboxylic acids is 1. The molecular formula is C22H23N3O3S. The molecule has 2 N–H and O–H groups in total. The van der Waals surface area contributed by atoms with Crippen LogP contribution in [0.4, 0.5) is 11.4 Å². The maximum atomic E-state index is 12.9. The monoisotopic (exact) mass is 409 g/mol. The summed E-state index contributed by atoms with van der Waals surface area (Å²) in [6.45, 7) is 3.61. The molecule has 0 saturated carbocycles. The van der Waals surface area contributed by atoms with E-state index in [0.717, 1.165) is 11.1 Å². The largest absolute Gasteiger partial charge is 0.326 e. The van der Waals surface area contributed by atoms with E-state index in [9.17, 15) is 13.2 Å². The SMILES string of the molecule is Cc1cccc(NS(=O)(=O)c2cc(NC(=O)CCc3cccnc3)ccc2C)c1. The first-order valence-corrected chi connectivity index (χ1v) is 10.7. The molecule has 29 heavy (non-hydrogen) atoms. The van der Waals surface area contributed by atoms with E-state index in [4.69, 9.17) is 0 Å². The first-order valence-electron chi connectivity index (χ1n) is 9.22. The number of nitrogens with zero attached hydrogens (tertiary/aromatic N) is 1. The van der Waals surface area contributed by atoms with Crippen molar-refractivity contribution >= 4 is 27.3 Å². The lowest BCUT2D eigenvalue weighted by Crippen LogP contribution is -2.16. The Balaban J connectivity index is 1.72. The molecule has 0 unspecified atom stereocenters. The Hall–Kier alpha value is -3.19. The summed E-state index contributed by atoms with van der Waals surface area (Å²) in [6.07, 6.45) is 4.25. The zero-order valence-electron chi connectivity index (χ0n) is 16.3. The summed E-state index contributed by atoms with van der Waals surface area (Å²) in [7, 11) is -3.78. The van der Waals surface area contributed by atoms with E-state index in [0.29, 0.717) is 23.4 Å². The van der Waals surface area contributed by atoms with Crippen molar-refractivity contribution in [2.75, 3.05) is 10.0 Å². The molecule has 0 aliphatic carbocycles. The molecule has 6 nitrogen and oxygen atoms in total. The van der Waals surface area contributed by atoms with E-state index in [1.54, 1.807) is 49.6 Å². The fraction of sp³-hybridized carbons (Fsp3) is 0.182. The second kappa shape index (κ2) is 8.87. The van der Waals surface area contributed by atoms with Gasteiger partial charge in [-0.3, -0.25) is 14.5 Å². The molecule has 1 heterocycles. The maximum Gasteiger partial charge on any atom is 0.262 e. The standard InChI is InChI=1S/C22H23N3O3S/c1-16-5-3-7-20(13-16)25-29(27,28)21-14-19(10-8-17(21)2)24-22(26)11-9-18-6-4-12-23-15-18/h3-8,10,12-15,25H,9,11H2,1-2H3,(H,24,26). The highest BCUT2D eigenvalue weighted by molar-refractivity contribution is 7.92.